The molecular weight excluding hydrogens is 232 g/mol. The van der Waals surface area contributed by atoms with E-state index < -0.39 is 29.7 Å². The Balaban J connectivity index is 4.50. The zero-order valence-electron chi connectivity index (χ0n) is 9.14. The van der Waals surface area contributed by atoms with Gasteiger partial charge in [-0.2, -0.15) is 12.6 Å². The third kappa shape index (κ3) is 4.19. The van der Waals surface area contributed by atoms with Gasteiger partial charge in [0.05, 0.1) is 6.04 Å². The fourth-order valence-electron chi connectivity index (χ4n) is 0.914. The Labute approximate surface area is 99.0 Å². The van der Waals surface area contributed by atoms with E-state index in [0.29, 0.717) is 0 Å². The molecule has 4 N–H and O–H groups in total. The van der Waals surface area contributed by atoms with E-state index in [0.717, 1.165) is 0 Å². The molecule has 0 radical (unpaired) electrons. The fourth-order valence-corrected chi connectivity index (χ4v) is 1.17. The lowest BCUT2D eigenvalue weighted by atomic mass is 10.0. The predicted octanol–water partition coefficient (Wildman–Crippen LogP) is -0.962. The van der Waals surface area contributed by atoms with Crippen LogP contribution in [0, 0.1) is 5.92 Å². The quantitative estimate of drug-likeness (QED) is 0.357. The minimum atomic E-state index is -1.60. The topological polar surface area (TPSA) is 109 Å². The first kappa shape index (κ1) is 14.9. The molecule has 0 rings (SSSR count). The van der Waals surface area contributed by atoms with Gasteiger partial charge in [-0.1, -0.05) is 13.8 Å². The molecule has 1 amide bonds. The van der Waals surface area contributed by atoms with Crippen LogP contribution in [0.15, 0.2) is 0 Å². The smallest absolute Gasteiger partial charge is 0.374 e. The number of hydrogen-bond donors (Lipinski definition) is 4. The van der Waals surface area contributed by atoms with Crippen molar-refractivity contribution in [3.05, 3.63) is 0 Å². The van der Waals surface area contributed by atoms with Gasteiger partial charge in [-0.05, 0) is 5.92 Å². The number of thiol groups is 1. The highest BCUT2D eigenvalue weighted by atomic mass is 32.1. The van der Waals surface area contributed by atoms with Gasteiger partial charge in [-0.3, -0.25) is 9.59 Å². The largest absolute Gasteiger partial charge is 0.475 e. The van der Waals surface area contributed by atoms with Crippen LogP contribution in [-0.4, -0.2) is 40.6 Å². The van der Waals surface area contributed by atoms with Crippen molar-refractivity contribution in [1.29, 1.82) is 0 Å². The zero-order chi connectivity index (χ0) is 12.9. The normalized spacial score (nSPS) is 14.3. The highest BCUT2D eigenvalue weighted by Gasteiger charge is 2.27. The number of ketones is 1. The molecule has 0 saturated heterocycles. The van der Waals surface area contributed by atoms with Gasteiger partial charge in [-0.25, -0.2) is 4.79 Å². The number of nitrogens with two attached hydrogens (primary N) is 1. The molecule has 0 saturated carbocycles. The molecule has 7 heteroatoms. The first-order chi connectivity index (χ1) is 7.31. The number of hydrogen-bond acceptors (Lipinski definition) is 5. The molecule has 0 aliphatic carbocycles. The molecule has 0 aromatic rings. The number of carboxylic acid groups (broad SMARTS) is 1. The predicted molar refractivity (Wildman–Crippen MR) is 61.2 cm³/mol. The molecule has 0 spiro atoms. The molecule has 0 aromatic carbocycles. The molecule has 16 heavy (non-hydrogen) atoms. The molecule has 92 valence electrons. The fraction of sp³-hybridized carbons (Fsp3) is 0.667. The van der Waals surface area contributed by atoms with E-state index in [4.69, 9.17) is 10.8 Å². The number of Topliss-reactive ketones (excluding diaryl/α,β-unsaturated/α-hetero) is 1. The van der Waals surface area contributed by atoms with Crippen LogP contribution >= 0.6 is 12.6 Å². The van der Waals surface area contributed by atoms with E-state index in [-0.39, 0.29) is 11.7 Å². The third-order valence-corrected chi connectivity index (χ3v) is 2.41. The van der Waals surface area contributed by atoms with Gasteiger partial charge in [0.15, 0.2) is 0 Å². The summed E-state index contributed by atoms with van der Waals surface area (Å²) in [6.45, 7) is 3.50. The van der Waals surface area contributed by atoms with Crippen molar-refractivity contribution in [2.75, 3.05) is 5.75 Å². The first-order valence-corrected chi connectivity index (χ1v) is 5.38. The van der Waals surface area contributed by atoms with Gasteiger partial charge < -0.3 is 16.2 Å². The standard InChI is InChI=1S/C9H16N2O4S/c1-4(2)6(10)8(13)11-5(3-16)7(12)9(14)15/h4-6,16H,3,10H2,1-2H3,(H,11,13)(H,14,15)/t5-,6-/m0/s1. The number of carbonyl (C=O) groups excluding carboxylic acids is 2. The maximum absolute atomic E-state index is 11.5. The van der Waals surface area contributed by atoms with E-state index in [1.54, 1.807) is 13.8 Å². The second-order valence-electron chi connectivity index (χ2n) is 3.68. The minimum absolute atomic E-state index is 0.0817. The molecule has 0 unspecified atom stereocenters. The lowest BCUT2D eigenvalue weighted by Gasteiger charge is -2.19. The van der Waals surface area contributed by atoms with Gasteiger partial charge in [0.1, 0.15) is 6.04 Å². The third-order valence-electron chi connectivity index (χ3n) is 2.05. The minimum Gasteiger partial charge on any atom is -0.475 e. The Kier molecular flexibility index (Phi) is 6.05. The molecular formula is C9H16N2O4S. The van der Waals surface area contributed by atoms with Gasteiger partial charge >= 0.3 is 5.97 Å². The van der Waals surface area contributed by atoms with Crippen molar-refractivity contribution in [3.8, 4) is 0 Å². The summed E-state index contributed by atoms with van der Waals surface area (Å²) in [5.41, 5.74) is 5.54. The van der Waals surface area contributed by atoms with Gasteiger partial charge in [-0.15, -0.1) is 0 Å². The summed E-state index contributed by atoms with van der Waals surface area (Å²) in [4.78, 5) is 33.0. The van der Waals surface area contributed by atoms with Crippen LogP contribution in [-0.2, 0) is 14.4 Å². The average molecular weight is 248 g/mol. The van der Waals surface area contributed by atoms with Gasteiger partial charge in [0.2, 0.25) is 5.91 Å². The number of carboxylic acids is 1. The molecule has 0 aliphatic rings. The molecule has 0 heterocycles. The van der Waals surface area contributed by atoms with E-state index in [9.17, 15) is 14.4 Å². The van der Waals surface area contributed by atoms with Crippen LogP contribution in [0.2, 0.25) is 0 Å². The Morgan fingerprint density at radius 1 is 1.38 bits per heavy atom. The lowest BCUT2D eigenvalue weighted by molar-refractivity contribution is -0.150. The first-order valence-electron chi connectivity index (χ1n) is 4.75. The molecule has 0 fully saturated rings. The Hall–Kier alpha value is -1.08. The monoisotopic (exact) mass is 248 g/mol. The Bertz CT molecular complexity index is 293. The summed E-state index contributed by atoms with van der Waals surface area (Å²) in [5, 5.41) is 10.7. The van der Waals surface area contributed by atoms with Crippen molar-refractivity contribution >= 4 is 30.3 Å². The lowest BCUT2D eigenvalue weighted by Crippen LogP contribution is -2.52. The van der Waals surface area contributed by atoms with Crippen LogP contribution in [0.4, 0.5) is 0 Å². The molecule has 0 aliphatic heterocycles. The van der Waals surface area contributed by atoms with Crippen molar-refractivity contribution in [2.45, 2.75) is 25.9 Å². The van der Waals surface area contributed by atoms with E-state index in [2.05, 4.69) is 17.9 Å². The summed E-state index contributed by atoms with van der Waals surface area (Å²) in [5.74, 6) is -3.43. The summed E-state index contributed by atoms with van der Waals surface area (Å²) >= 11 is 3.80. The number of nitrogens with one attached hydrogen (secondary N) is 1. The van der Waals surface area contributed by atoms with Crippen LogP contribution in [0.5, 0.6) is 0 Å². The van der Waals surface area contributed by atoms with Crippen molar-refractivity contribution < 1.29 is 19.5 Å². The Morgan fingerprint density at radius 2 is 1.88 bits per heavy atom. The molecule has 0 aromatic heterocycles. The van der Waals surface area contributed by atoms with Crippen LogP contribution in [0.3, 0.4) is 0 Å². The van der Waals surface area contributed by atoms with Crippen molar-refractivity contribution in [3.63, 3.8) is 0 Å². The summed E-state index contributed by atoms with van der Waals surface area (Å²) in [7, 11) is 0. The van der Waals surface area contributed by atoms with Crippen LogP contribution < -0.4 is 11.1 Å². The maximum Gasteiger partial charge on any atom is 0.374 e. The summed E-state index contributed by atoms with van der Waals surface area (Å²) < 4.78 is 0. The molecule has 2 atom stereocenters. The highest BCUT2D eigenvalue weighted by Crippen LogP contribution is 2.00. The number of carbonyl (C=O) groups is 3. The van der Waals surface area contributed by atoms with Crippen molar-refractivity contribution in [2.24, 2.45) is 11.7 Å². The number of aliphatic carboxylic acids is 1. The number of rotatable bonds is 6. The number of amides is 1. The highest BCUT2D eigenvalue weighted by molar-refractivity contribution is 7.80. The van der Waals surface area contributed by atoms with Crippen LogP contribution in [0.1, 0.15) is 13.8 Å². The summed E-state index contributed by atoms with van der Waals surface area (Å²) in [6.07, 6.45) is 0. The summed E-state index contributed by atoms with van der Waals surface area (Å²) in [6, 6.07) is -1.91. The second kappa shape index (κ2) is 6.49. The van der Waals surface area contributed by atoms with Crippen molar-refractivity contribution in [1.82, 2.24) is 5.32 Å². The second-order valence-corrected chi connectivity index (χ2v) is 4.05. The van der Waals surface area contributed by atoms with Gasteiger partial charge in [0, 0.05) is 5.75 Å². The van der Waals surface area contributed by atoms with E-state index in [1.807, 2.05) is 0 Å². The van der Waals surface area contributed by atoms with E-state index >= 15 is 0 Å². The molecule has 6 nitrogen and oxygen atoms in total. The zero-order valence-corrected chi connectivity index (χ0v) is 10.0. The van der Waals surface area contributed by atoms with Gasteiger partial charge in [0.25, 0.3) is 5.78 Å². The van der Waals surface area contributed by atoms with Crippen LogP contribution in [0.25, 0.3) is 0 Å². The van der Waals surface area contributed by atoms with E-state index in [1.165, 1.54) is 0 Å². The molecule has 0 bridgehead atoms. The maximum atomic E-state index is 11.5. The SMILES string of the molecule is CC(C)[C@H](N)C(=O)N[C@@H](CS)C(=O)C(=O)O. The Morgan fingerprint density at radius 3 is 2.19 bits per heavy atom. The average Bonchev–Trinajstić information content (AvgIpc) is 2.22.